The van der Waals surface area contributed by atoms with Crippen molar-refractivity contribution in [3.05, 3.63) is 63.0 Å². The van der Waals surface area contributed by atoms with Gasteiger partial charge in [0.25, 0.3) is 0 Å². The molecule has 1 aromatic heterocycles. The van der Waals surface area contributed by atoms with Gasteiger partial charge in [-0.25, -0.2) is 0 Å². The van der Waals surface area contributed by atoms with E-state index >= 15 is 0 Å². The number of aromatic nitrogens is 1. The lowest BCUT2D eigenvalue weighted by atomic mass is 10.1. The Bertz CT molecular complexity index is 854. The second-order valence-electron chi connectivity index (χ2n) is 4.83. The Balaban J connectivity index is 2.41. The lowest BCUT2D eigenvalue weighted by Crippen LogP contribution is -2.08. The van der Waals surface area contributed by atoms with E-state index in [1.807, 2.05) is 0 Å². The number of hydroxylamine groups is 1. The fraction of sp³-hybridized carbons (Fsp3) is 0.125. The Morgan fingerprint density at radius 1 is 1.19 bits per heavy atom. The molecular weight excluding hydrogens is 414 g/mol. The van der Waals surface area contributed by atoms with Gasteiger partial charge in [0.05, 0.1) is 34.1 Å². The molecule has 0 saturated carbocycles. The third-order valence-corrected chi connectivity index (χ3v) is 3.85. The fourth-order valence-electron chi connectivity index (χ4n) is 1.82. The lowest BCUT2D eigenvalue weighted by molar-refractivity contribution is -0.137. The number of pyridine rings is 1. The summed E-state index contributed by atoms with van der Waals surface area (Å²) in [6, 6.07) is 5.48. The van der Waals surface area contributed by atoms with E-state index in [2.05, 4.69) is 15.5 Å². The molecule has 0 saturated heterocycles. The van der Waals surface area contributed by atoms with Crippen molar-refractivity contribution in [2.24, 2.45) is 4.99 Å². The Morgan fingerprint density at radius 2 is 1.92 bits per heavy atom. The Morgan fingerprint density at radius 3 is 2.50 bits per heavy atom. The van der Waals surface area contributed by atoms with Crippen molar-refractivity contribution in [1.29, 1.82) is 0 Å². The van der Waals surface area contributed by atoms with Crippen molar-refractivity contribution in [1.82, 2.24) is 10.5 Å². The van der Waals surface area contributed by atoms with E-state index in [0.717, 1.165) is 6.07 Å². The first kappa shape index (κ1) is 20.5. The van der Waals surface area contributed by atoms with Crippen LogP contribution >= 0.6 is 34.8 Å². The molecular formula is C16H11Cl3F3N3O. The minimum atomic E-state index is -4.55. The number of nitrogens with zero attached hydrogens (tertiary/aromatic N) is 2. The van der Waals surface area contributed by atoms with Crippen LogP contribution in [0.2, 0.25) is 15.1 Å². The fourth-order valence-corrected chi connectivity index (χ4v) is 2.55. The molecule has 0 bridgehead atoms. The van der Waals surface area contributed by atoms with Gasteiger partial charge in [0.15, 0.2) is 0 Å². The van der Waals surface area contributed by atoms with Crippen molar-refractivity contribution in [3.63, 3.8) is 0 Å². The number of alkyl halides is 3. The molecule has 0 aliphatic rings. The predicted octanol–water partition coefficient (Wildman–Crippen LogP) is 5.96. The predicted molar refractivity (Wildman–Crippen MR) is 97.0 cm³/mol. The molecule has 0 unspecified atom stereocenters. The zero-order chi connectivity index (χ0) is 19.3. The largest absolute Gasteiger partial charge is 0.417 e. The van der Waals surface area contributed by atoms with Crippen LogP contribution in [-0.2, 0) is 11.0 Å². The van der Waals surface area contributed by atoms with Crippen molar-refractivity contribution in [2.75, 3.05) is 7.11 Å². The van der Waals surface area contributed by atoms with E-state index in [4.69, 9.17) is 39.6 Å². The van der Waals surface area contributed by atoms with Crippen LogP contribution in [-0.4, -0.2) is 18.3 Å². The van der Waals surface area contributed by atoms with Gasteiger partial charge in [0, 0.05) is 29.2 Å². The molecule has 0 amide bonds. The lowest BCUT2D eigenvalue weighted by Gasteiger charge is -2.10. The first-order chi connectivity index (χ1) is 12.2. The maximum Gasteiger partial charge on any atom is 0.417 e. The van der Waals surface area contributed by atoms with E-state index in [1.54, 1.807) is 12.1 Å². The molecule has 2 rings (SSSR count). The summed E-state index contributed by atoms with van der Waals surface area (Å²) in [7, 11) is 1.36. The third kappa shape index (κ3) is 5.35. The number of rotatable bonds is 5. The number of allylic oxidation sites excluding steroid dienone is 1. The summed E-state index contributed by atoms with van der Waals surface area (Å²) < 4.78 is 38.3. The van der Waals surface area contributed by atoms with Gasteiger partial charge in [-0.3, -0.25) is 20.3 Å². The molecule has 1 aromatic carbocycles. The van der Waals surface area contributed by atoms with E-state index in [1.165, 1.54) is 25.6 Å². The first-order valence-corrected chi connectivity index (χ1v) is 8.06. The van der Waals surface area contributed by atoms with E-state index in [0.29, 0.717) is 21.9 Å². The molecule has 0 atom stereocenters. The zero-order valence-corrected chi connectivity index (χ0v) is 15.4. The Labute approximate surface area is 162 Å². The van der Waals surface area contributed by atoms with Crippen molar-refractivity contribution >= 4 is 52.3 Å². The van der Waals surface area contributed by atoms with Crippen LogP contribution in [0.25, 0.3) is 5.57 Å². The van der Waals surface area contributed by atoms with E-state index in [9.17, 15) is 13.2 Å². The number of hydrogen-bond donors (Lipinski definition) is 1. The number of nitrogens with one attached hydrogen (secondary N) is 1. The summed E-state index contributed by atoms with van der Waals surface area (Å²) >= 11 is 17.8. The van der Waals surface area contributed by atoms with Gasteiger partial charge in [-0.05, 0) is 24.3 Å². The number of benzene rings is 1. The van der Waals surface area contributed by atoms with Crippen LogP contribution in [0.15, 0.2) is 41.7 Å². The van der Waals surface area contributed by atoms with E-state index in [-0.39, 0.29) is 16.3 Å². The normalized spacial score (nSPS) is 12.7. The maximum absolute atomic E-state index is 12.8. The van der Waals surface area contributed by atoms with Gasteiger partial charge in [-0.15, -0.1) is 0 Å². The maximum atomic E-state index is 12.8. The van der Waals surface area contributed by atoms with Crippen molar-refractivity contribution < 1.29 is 18.0 Å². The molecule has 0 fully saturated rings. The summed E-state index contributed by atoms with van der Waals surface area (Å²) in [6.07, 6.45) is -1.18. The third-order valence-electron chi connectivity index (χ3n) is 3.03. The molecule has 0 spiro atoms. The van der Waals surface area contributed by atoms with Crippen LogP contribution in [0, 0.1) is 0 Å². The standard InChI is InChI=1S/C16H11Cl3F3N3O/c1-26-25-7-9(6-23-14-3-2-11(17)5-12(14)18)15-13(19)4-10(8-24-15)16(20,21)22/h2-8,25H,1H3/b9-7-,23-6?. The second-order valence-corrected chi connectivity index (χ2v) is 6.08. The topological polar surface area (TPSA) is 46.5 Å². The molecule has 138 valence electrons. The molecule has 2 aromatic rings. The summed E-state index contributed by atoms with van der Waals surface area (Å²) in [5.74, 6) is 0. The van der Waals surface area contributed by atoms with Gasteiger partial charge < -0.3 is 0 Å². The van der Waals surface area contributed by atoms with Crippen molar-refractivity contribution in [2.45, 2.75) is 6.18 Å². The van der Waals surface area contributed by atoms with E-state index < -0.39 is 11.7 Å². The van der Waals surface area contributed by atoms with Crippen LogP contribution < -0.4 is 5.48 Å². The number of aliphatic imine (C=N–C) groups is 1. The first-order valence-electron chi connectivity index (χ1n) is 6.93. The highest BCUT2D eigenvalue weighted by Crippen LogP contribution is 2.33. The molecule has 10 heteroatoms. The van der Waals surface area contributed by atoms with Crippen LogP contribution in [0.3, 0.4) is 0 Å². The van der Waals surface area contributed by atoms with Gasteiger partial charge in [0.2, 0.25) is 0 Å². The minimum absolute atomic E-state index is 0.0815. The quantitative estimate of drug-likeness (QED) is 0.476. The summed E-state index contributed by atoms with van der Waals surface area (Å²) in [4.78, 5) is 12.7. The molecule has 0 radical (unpaired) electrons. The smallest absolute Gasteiger partial charge is 0.280 e. The molecule has 26 heavy (non-hydrogen) atoms. The summed E-state index contributed by atoms with van der Waals surface area (Å²) in [5.41, 5.74) is 2.26. The second kappa shape index (κ2) is 8.73. The average molecular weight is 425 g/mol. The average Bonchev–Trinajstić information content (AvgIpc) is 2.56. The van der Waals surface area contributed by atoms with Gasteiger partial charge in [0.1, 0.15) is 0 Å². The molecule has 0 aliphatic carbocycles. The van der Waals surface area contributed by atoms with Gasteiger partial charge >= 0.3 is 6.18 Å². The van der Waals surface area contributed by atoms with Gasteiger partial charge in [-0.2, -0.15) is 13.2 Å². The zero-order valence-electron chi connectivity index (χ0n) is 13.1. The molecule has 0 aliphatic heterocycles. The van der Waals surface area contributed by atoms with Crippen LogP contribution in [0.4, 0.5) is 18.9 Å². The van der Waals surface area contributed by atoms with Gasteiger partial charge in [-0.1, -0.05) is 34.8 Å². The van der Waals surface area contributed by atoms with Crippen molar-refractivity contribution in [3.8, 4) is 0 Å². The molecule has 1 heterocycles. The summed E-state index contributed by atoms with van der Waals surface area (Å²) in [6.45, 7) is 0. The molecule has 1 N–H and O–H groups in total. The SMILES string of the molecule is CON/C=C(/C=Nc1ccc(Cl)cc1Cl)c1ncc(C(F)(F)F)cc1Cl. The van der Waals surface area contributed by atoms with Crippen LogP contribution in [0.5, 0.6) is 0 Å². The summed E-state index contributed by atoms with van der Waals surface area (Å²) in [5, 5.41) is 0.551. The molecule has 4 nitrogen and oxygen atoms in total. The van der Waals surface area contributed by atoms with Crippen LogP contribution in [0.1, 0.15) is 11.3 Å². The Hall–Kier alpha value is -1.80. The number of halogens is 6. The monoisotopic (exact) mass is 423 g/mol. The highest BCUT2D eigenvalue weighted by atomic mass is 35.5. The Kier molecular flexibility index (Phi) is 6.88. The minimum Gasteiger partial charge on any atom is -0.280 e. The number of hydrogen-bond acceptors (Lipinski definition) is 4. The highest BCUT2D eigenvalue weighted by molar-refractivity contribution is 6.36. The highest BCUT2D eigenvalue weighted by Gasteiger charge is 2.31.